The van der Waals surface area contributed by atoms with Crippen molar-refractivity contribution in [2.24, 2.45) is 0 Å². The van der Waals surface area contributed by atoms with E-state index in [0.29, 0.717) is 31.4 Å². The van der Waals surface area contributed by atoms with Gasteiger partial charge >= 0.3 is 11.8 Å². The first kappa shape index (κ1) is 31.0. The van der Waals surface area contributed by atoms with Gasteiger partial charge in [-0.1, -0.05) is 6.07 Å². The number of carbonyl (C=O) groups is 1. The maximum atomic E-state index is 14.3. The third kappa shape index (κ3) is 6.40. The van der Waals surface area contributed by atoms with Crippen LogP contribution in [-0.4, -0.2) is 54.4 Å². The summed E-state index contributed by atoms with van der Waals surface area (Å²) in [5.74, 6) is -1.04. The quantitative estimate of drug-likeness (QED) is 0.348. The van der Waals surface area contributed by atoms with E-state index >= 15 is 0 Å². The Hall–Kier alpha value is -4.01. The molecule has 1 fully saturated rings. The number of hydrogen-bond donors (Lipinski definition) is 1. The van der Waals surface area contributed by atoms with Crippen LogP contribution in [0.25, 0.3) is 16.7 Å². The number of benzene rings is 1. The van der Waals surface area contributed by atoms with Crippen LogP contribution in [0.15, 0.2) is 82.2 Å². The molecule has 10 nitrogen and oxygen atoms in total. The standard InChI is InChI=1S/C32H33F2IN6O4/c1-32(2,3)45-31(44)39(18-22-17-38-16-19(33)7-12-27(38)37-22)23-8-10-24(11-9-23)41-29(42)26-13-20(34)15-36-28(26)40(30(41)43)25-6-4-5-21(35)14-25/h4-7,12-17,23-24,27,37H,8-11,18H2,1-3H3. The zero-order valence-corrected chi connectivity index (χ0v) is 27.2. The Morgan fingerprint density at radius 3 is 2.60 bits per heavy atom. The number of allylic oxidation sites excluding steroid dienone is 2. The summed E-state index contributed by atoms with van der Waals surface area (Å²) in [5.41, 5.74) is -0.532. The molecular formula is C32H33F2IN6O4. The molecule has 2 aromatic heterocycles. The predicted molar refractivity (Wildman–Crippen MR) is 174 cm³/mol. The monoisotopic (exact) mass is 730 g/mol. The minimum Gasteiger partial charge on any atom is -0.444 e. The van der Waals surface area contributed by atoms with E-state index in [1.165, 1.54) is 21.4 Å². The van der Waals surface area contributed by atoms with Gasteiger partial charge in [0.15, 0.2) is 5.65 Å². The fourth-order valence-electron chi connectivity index (χ4n) is 6.11. The second-order valence-electron chi connectivity index (χ2n) is 12.4. The predicted octanol–water partition coefficient (Wildman–Crippen LogP) is 5.47. The molecule has 1 amide bonds. The van der Waals surface area contributed by atoms with Gasteiger partial charge in [-0.2, -0.15) is 0 Å². The molecule has 0 saturated heterocycles. The first-order valence-corrected chi connectivity index (χ1v) is 15.8. The maximum Gasteiger partial charge on any atom is 0.410 e. The highest BCUT2D eigenvalue weighted by atomic mass is 127. The Morgan fingerprint density at radius 2 is 1.89 bits per heavy atom. The van der Waals surface area contributed by atoms with Gasteiger partial charge in [0.25, 0.3) is 5.56 Å². The van der Waals surface area contributed by atoms with Crippen LogP contribution in [-0.2, 0) is 4.74 Å². The van der Waals surface area contributed by atoms with Gasteiger partial charge in [-0.15, -0.1) is 0 Å². The largest absolute Gasteiger partial charge is 0.444 e. The van der Waals surface area contributed by atoms with Gasteiger partial charge in [0.2, 0.25) is 0 Å². The van der Waals surface area contributed by atoms with E-state index in [-0.39, 0.29) is 35.6 Å². The van der Waals surface area contributed by atoms with E-state index in [1.807, 2.05) is 6.07 Å². The van der Waals surface area contributed by atoms with Crippen LogP contribution in [0.3, 0.4) is 0 Å². The molecule has 0 spiro atoms. The van der Waals surface area contributed by atoms with E-state index in [1.54, 1.807) is 61.0 Å². The zero-order chi connectivity index (χ0) is 32.0. The lowest BCUT2D eigenvalue weighted by atomic mass is 9.90. The van der Waals surface area contributed by atoms with Gasteiger partial charge in [0.05, 0.1) is 23.8 Å². The summed E-state index contributed by atoms with van der Waals surface area (Å²) >= 11 is 2.14. The van der Waals surface area contributed by atoms with Gasteiger partial charge < -0.3 is 15.0 Å². The highest BCUT2D eigenvalue weighted by Crippen LogP contribution is 2.32. The van der Waals surface area contributed by atoms with Crippen molar-refractivity contribution in [3.05, 3.63) is 103 Å². The molecule has 4 heterocycles. The summed E-state index contributed by atoms with van der Waals surface area (Å²) in [6.45, 7) is 5.61. The van der Waals surface area contributed by atoms with E-state index in [4.69, 9.17) is 4.74 Å². The van der Waals surface area contributed by atoms with Crippen molar-refractivity contribution in [1.29, 1.82) is 0 Å². The summed E-state index contributed by atoms with van der Waals surface area (Å²) in [7, 11) is 0. The molecular weight excluding hydrogens is 697 g/mol. The first-order valence-electron chi connectivity index (χ1n) is 14.8. The van der Waals surface area contributed by atoms with Crippen molar-refractivity contribution in [1.82, 2.24) is 29.2 Å². The number of amides is 1. The summed E-state index contributed by atoms with van der Waals surface area (Å²) in [5, 5.41) is 3.33. The number of ether oxygens (including phenoxy) is 1. The Kier molecular flexibility index (Phi) is 8.31. The molecule has 1 N–H and O–H groups in total. The van der Waals surface area contributed by atoms with Crippen LogP contribution in [0.4, 0.5) is 13.6 Å². The van der Waals surface area contributed by atoms with Crippen molar-refractivity contribution >= 4 is 39.7 Å². The minimum atomic E-state index is -0.724. The molecule has 1 saturated carbocycles. The molecule has 0 bridgehead atoms. The van der Waals surface area contributed by atoms with Gasteiger partial charge in [0.1, 0.15) is 23.4 Å². The number of pyridine rings is 1. The number of rotatable bonds is 5. The van der Waals surface area contributed by atoms with E-state index in [2.05, 4.69) is 32.9 Å². The molecule has 0 radical (unpaired) electrons. The number of halogens is 3. The molecule has 1 unspecified atom stereocenters. The molecule has 1 aromatic carbocycles. The second-order valence-corrected chi connectivity index (χ2v) is 13.7. The highest BCUT2D eigenvalue weighted by Gasteiger charge is 2.35. The van der Waals surface area contributed by atoms with Crippen LogP contribution < -0.4 is 16.6 Å². The first-order chi connectivity index (χ1) is 21.4. The lowest BCUT2D eigenvalue weighted by molar-refractivity contribution is 0.0125. The molecule has 3 aromatic rings. The third-order valence-electron chi connectivity index (χ3n) is 8.07. The summed E-state index contributed by atoms with van der Waals surface area (Å²) < 4.78 is 37.3. The van der Waals surface area contributed by atoms with Crippen LogP contribution >= 0.6 is 22.6 Å². The smallest absolute Gasteiger partial charge is 0.410 e. The second kappa shape index (κ2) is 12.1. The van der Waals surface area contributed by atoms with Crippen molar-refractivity contribution < 1.29 is 18.3 Å². The normalized spacial score (nSPS) is 21.2. The maximum absolute atomic E-state index is 14.3. The van der Waals surface area contributed by atoms with Crippen LogP contribution in [0, 0.1) is 9.39 Å². The molecule has 13 heteroatoms. The molecule has 45 heavy (non-hydrogen) atoms. The fourth-order valence-corrected chi connectivity index (χ4v) is 6.64. The van der Waals surface area contributed by atoms with Crippen molar-refractivity contribution in [3.63, 3.8) is 0 Å². The highest BCUT2D eigenvalue weighted by molar-refractivity contribution is 14.1. The van der Waals surface area contributed by atoms with Gasteiger partial charge in [0, 0.05) is 33.8 Å². The number of aromatic nitrogens is 3. The van der Waals surface area contributed by atoms with Crippen molar-refractivity contribution in [3.8, 4) is 5.69 Å². The molecule has 6 rings (SSSR count). The Balaban J connectivity index is 1.30. The van der Waals surface area contributed by atoms with Gasteiger partial charge in [-0.25, -0.2) is 27.9 Å². The average molecular weight is 731 g/mol. The fraction of sp³-hybridized carbons (Fsp3) is 0.375. The van der Waals surface area contributed by atoms with Crippen LogP contribution in [0.2, 0.25) is 0 Å². The summed E-state index contributed by atoms with van der Waals surface area (Å²) in [4.78, 5) is 48.7. The number of hydrogen-bond acceptors (Lipinski definition) is 7. The van der Waals surface area contributed by atoms with Gasteiger partial charge in [-0.3, -0.25) is 14.3 Å². The average Bonchev–Trinajstić information content (AvgIpc) is 3.37. The Morgan fingerprint density at radius 1 is 1.13 bits per heavy atom. The number of nitrogens with zero attached hydrogens (tertiary/aromatic N) is 5. The van der Waals surface area contributed by atoms with Crippen LogP contribution in [0.5, 0.6) is 0 Å². The van der Waals surface area contributed by atoms with Crippen molar-refractivity contribution in [2.45, 2.75) is 70.3 Å². The SMILES string of the molecule is CC(C)(C)OC(=O)N(CC1=CN2C=C(F)C=CC2N1)C1CCC(n2c(=O)c3cc(F)cnc3n(-c3cccc(I)c3)c2=O)CC1. The molecule has 2 aliphatic heterocycles. The van der Waals surface area contributed by atoms with E-state index in [0.717, 1.165) is 21.5 Å². The number of nitrogens with one attached hydrogen (secondary N) is 1. The molecule has 1 atom stereocenters. The van der Waals surface area contributed by atoms with Crippen molar-refractivity contribution in [2.75, 3.05) is 6.54 Å². The van der Waals surface area contributed by atoms with E-state index in [9.17, 15) is 23.2 Å². The van der Waals surface area contributed by atoms with Crippen LogP contribution in [0.1, 0.15) is 52.5 Å². The third-order valence-corrected chi connectivity index (χ3v) is 8.74. The van der Waals surface area contributed by atoms with Gasteiger partial charge in [-0.05, 0) is 105 Å². The summed E-state index contributed by atoms with van der Waals surface area (Å²) in [6, 6.07) is 7.63. The lowest BCUT2D eigenvalue weighted by Gasteiger charge is -2.38. The zero-order valence-electron chi connectivity index (χ0n) is 25.0. The van der Waals surface area contributed by atoms with E-state index < -0.39 is 34.8 Å². The Bertz CT molecular complexity index is 1870. The lowest BCUT2D eigenvalue weighted by Crippen LogP contribution is -2.49. The minimum absolute atomic E-state index is 0.0150. The number of carbonyl (C=O) groups excluding carboxylic acids is 1. The molecule has 3 aliphatic rings. The number of fused-ring (bicyclic) bond motifs is 2. The molecule has 1 aliphatic carbocycles. The summed E-state index contributed by atoms with van der Waals surface area (Å²) in [6.07, 6.45) is 8.36. The topological polar surface area (TPSA) is 102 Å². The molecule has 236 valence electrons. The Labute approximate surface area is 271 Å².